The lowest BCUT2D eigenvalue weighted by atomic mass is 9.87. The molecule has 0 bridgehead atoms. The number of piperidine rings is 1. The summed E-state index contributed by atoms with van der Waals surface area (Å²) >= 11 is 0. The summed E-state index contributed by atoms with van der Waals surface area (Å²) in [6.07, 6.45) is 3.38. The minimum Gasteiger partial charge on any atom is -0.363 e. The first-order valence-electron chi connectivity index (χ1n) is 16.1. The molecule has 4 unspecified atom stereocenters. The maximum atomic E-state index is 14.2. The summed E-state index contributed by atoms with van der Waals surface area (Å²) in [7, 11) is -3.66. The predicted molar refractivity (Wildman–Crippen MR) is 170 cm³/mol. The number of urea groups is 1. The van der Waals surface area contributed by atoms with Crippen molar-refractivity contribution in [3.05, 3.63) is 30.3 Å². The van der Waals surface area contributed by atoms with Gasteiger partial charge in [0, 0.05) is 6.54 Å². The Morgan fingerprint density at radius 3 is 2.17 bits per heavy atom. The molecule has 0 aromatic heterocycles. The monoisotopic (exact) mass is 657 g/mol. The first kappa shape index (κ1) is 33.9. The van der Waals surface area contributed by atoms with Gasteiger partial charge < -0.3 is 26.6 Å². The van der Waals surface area contributed by atoms with Crippen molar-refractivity contribution in [3.63, 3.8) is 0 Å². The first-order chi connectivity index (χ1) is 21.3. The van der Waals surface area contributed by atoms with Gasteiger partial charge in [-0.2, -0.15) is 0 Å². The van der Waals surface area contributed by atoms with E-state index in [0.29, 0.717) is 25.8 Å². The second-order valence-electron chi connectivity index (χ2n) is 15.6. The van der Waals surface area contributed by atoms with Gasteiger partial charge in [-0.3, -0.25) is 19.2 Å². The van der Waals surface area contributed by atoms with Crippen LogP contribution in [0.1, 0.15) is 73.1 Å². The molecule has 5 rings (SSSR count). The maximum absolute atomic E-state index is 14.2. The minimum absolute atomic E-state index is 0.0583. The van der Waals surface area contributed by atoms with Gasteiger partial charge in [-0.15, -0.1) is 0 Å². The molecule has 5 N–H and O–H groups in total. The van der Waals surface area contributed by atoms with Crippen molar-refractivity contribution < 1.29 is 32.4 Å². The average Bonchev–Trinajstić information content (AvgIpc) is 3.91. The van der Waals surface area contributed by atoms with Gasteiger partial charge in [0.1, 0.15) is 12.1 Å². The predicted octanol–water partition coefficient (Wildman–Crippen LogP) is 1.92. The molecule has 1 saturated heterocycles. The standard InChI is InChI=1S/C33H47N5O7S/c1-31(2,3)16-23(36-30(43)37-33(13-14-33)18-46(44,45)20-9-7-6-8-10-20)29(42)38-17-21-24(32(21,4)5)25(38)28(41)35-22(15-19-11-12-19)26(39)27(34)40/h6-10,19,21-25H,11-18H2,1-5H3,(H2,34,40)(H,35,41)(H2,36,37,43)/t21?,22?,23?,24?,25-/m0/s1. The van der Waals surface area contributed by atoms with Crippen LogP contribution < -0.4 is 21.7 Å². The number of nitrogens with two attached hydrogens (primary N) is 1. The topological polar surface area (TPSA) is 185 Å². The Labute approximate surface area is 270 Å². The lowest BCUT2D eigenvalue weighted by Gasteiger charge is -2.35. The van der Waals surface area contributed by atoms with E-state index in [-0.39, 0.29) is 45.7 Å². The van der Waals surface area contributed by atoms with E-state index >= 15 is 0 Å². The van der Waals surface area contributed by atoms with E-state index in [1.165, 1.54) is 17.0 Å². The van der Waals surface area contributed by atoms with Gasteiger partial charge in [0.15, 0.2) is 9.84 Å². The summed E-state index contributed by atoms with van der Waals surface area (Å²) in [5, 5.41) is 8.39. The van der Waals surface area contributed by atoms with Crippen molar-refractivity contribution in [3.8, 4) is 0 Å². The number of amides is 5. The van der Waals surface area contributed by atoms with E-state index in [9.17, 15) is 32.4 Å². The van der Waals surface area contributed by atoms with Crippen LogP contribution in [0.2, 0.25) is 0 Å². The normalized spacial score (nSPS) is 25.4. The molecule has 5 atom stereocenters. The number of primary amides is 1. The molecule has 4 fully saturated rings. The highest BCUT2D eigenvalue weighted by atomic mass is 32.2. The fraction of sp³-hybridized carbons (Fsp3) is 0.667. The second kappa shape index (κ2) is 12.0. The molecule has 4 aliphatic rings. The number of Topliss-reactive ketones (excluding diaryl/α,β-unsaturated/α-hetero) is 1. The van der Waals surface area contributed by atoms with E-state index in [4.69, 9.17) is 5.73 Å². The molecule has 252 valence electrons. The summed E-state index contributed by atoms with van der Waals surface area (Å²) in [5.74, 6) is -3.00. The van der Waals surface area contributed by atoms with Gasteiger partial charge in [0.05, 0.1) is 22.2 Å². The van der Waals surface area contributed by atoms with E-state index in [0.717, 1.165) is 12.8 Å². The van der Waals surface area contributed by atoms with Gasteiger partial charge in [-0.05, 0) is 66.4 Å². The molecule has 1 aromatic rings. The molecule has 0 spiro atoms. The Morgan fingerprint density at radius 1 is 1.00 bits per heavy atom. The molecule has 0 radical (unpaired) electrons. The summed E-state index contributed by atoms with van der Waals surface area (Å²) in [6, 6.07) is 4.50. The smallest absolute Gasteiger partial charge is 0.315 e. The van der Waals surface area contributed by atoms with Gasteiger partial charge >= 0.3 is 6.03 Å². The largest absolute Gasteiger partial charge is 0.363 e. The van der Waals surface area contributed by atoms with Crippen molar-refractivity contribution in [1.82, 2.24) is 20.9 Å². The molecule has 3 aliphatic carbocycles. The van der Waals surface area contributed by atoms with Crippen LogP contribution in [0.15, 0.2) is 35.2 Å². The third-order valence-electron chi connectivity index (χ3n) is 10.1. The number of ketones is 1. The van der Waals surface area contributed by atoms with Crippen molar-refractivity contribution in [2.45, 2.75) is 102 Å². The summed E-state index contributed by atoms with van der Waals surface area (Å²) < 4.78 is 26.1. The highest BCUT2D eigenvalue weighted by Gasteiger charge is 2.69. The lowest BCUT2D eigenvalue weighted by molar-refractivity contribution is -0.144. The summed E-state index contributed by atoms with van der Waals surface area (Å²) in [4.78, 5) is 67.5. The number of hydrogen-bond donors (Lipinski definition) is 4. The molecule has 3 saturated carbocycles. The molecule has 5 amide bonds. The van der Waals surface area contributed by atoms with E-state index in [1.54, 1.807) is 18.2 Å². The Kier molecular flexibility index (Phi) is 8.80. The quantitative estimate of drug-likeness (QED) is 0.234. The van der Waals surface area contributed by atoms with Crippen molar-refractivity contribution in [2.75, 3.05) is 12.3 Å². The summed E-state index contributed by atoms with van der Waals surface area (Å²) in [6.45, 7) is 10.2. The molecule has 1 aromatic carbocycles. The average molecular weight is 658 g/mol. The molecular formula is C33H47N5O7S. The molecular weight excluding hydrogens is 610 g/mol. The molecule has 1 aliphatic heterocycles. The van der Waals surface area contributed by atoms with Crippen molar-refractivity contribution in [2.24, 2.45) is 34.3 Å². The molecule has 13 heteroatoms. The number of rotatable bonds is 13. The number of fused-ring (bicyclic) bond motifs is 1. The van der Waals surface area contributed by atoms with Crippen molar-refractivity contribution in [1.29, 1.82) is 0 Å². The van der Waals surface area contributed by atoms with Crippen LogP contribution in [-0.4, -0.2) is 78.8 Å². The van der Waals surface area contributed by atoms with Gasteiger partial charge in [0.25, 0.3) is 5.91 Å². The molecule has 46 heavy (non-hydrogen) atoms. The minimum atomic E-state index is -3.66. The van der Waals surface area contributed by atoms with Crippen LogP contribution in [0.25, 0.3) is 0 Å². The van der Waals surface area contributed by atoms with Gasteiger partial charge in [-0.25, -0.2) is 13.2 Å². The van der Waals surface area contributed by atoms with Crippen LogP contribution in [0.3, 0.4) is 0 Å². The number of carbonyl (C=O) groups excluding carboxylic acids is 5. The number of nitrogens with one attached hydrogen (secondary N) is 3. The fourth-order valence-electron chi connectivity index (χ4n) is 7.14. The lowest BCUT2D eigenvalue weighted by Crippen LogP contribution is -2.60. The highest BCUT2D eigenvalue weighted by Crippen LogP contribution is 2.65. The SMILES string of the molecule is CC(C)(C)CC(NC(=O)NC1(CS(=O)(=O)c2ccccc2)CC1)C(=O)N1CC2C([C@H]1C(=O)NC(CC1CC1)C(=O)C(N)=O)C2(C)C. The Balaban J connectivity index is 1.31. The third kappa shape index (κ3) is 7.39. The maximum Gasteiger partial charge on any atom is 0.315 e. The number of hydrogen-bond acceptors (Lipinski definition) is 7. The van der Waals surface area contributed by atoms with Crippen LogP contribution in [0, 0.1) is 28.6 Å². The Morgan fingerprint density at radius 2 is 1.63 bits per heavy atom. The van der Waals surface area contributed by atoms with Crippen LogP contribution in [-0.2, 0) is 29.0 Å². The zero-order chi connectivity index (χ0) is 33.8. The summed E-state index contributed by atoms with van der Waals surface area (Å²) in [5.41, 5.74) is 3.77. The number of likely N-dealkylation sites (tertiary alicyclic amines) is 1. The number of sulfone groups is 1. The zero-order valence-corrected chi connectivity index (χ0v) is 28.1. The van der Waals surface area contributed by atoms with Crippen LogP contribution in [0.4, 0.5) is 4.79 Å². The van der Waals surface area contributed by atoms with Crippen LogP contribution in [0.5, 0.6) is 0 Å². The highest BCUT2D eigenvalue weighted by molar-refractivity contribution is 7.91. The third-order valence-corrected chi connectivity index (χ3v) is 12.0. The fourth-order valence-corrected chi connectivity index (χ4v) is 8.97. The van der Waals surface area contributed by atoms with Gasteiger partial charge in [0.2, 0.25) is 17.6 Å². The van der Waals surface area contributed by atoms with Crippen molar-refractivity contribution >= 4 is 39.4 Å². The first-order valence-corrected chi connectivity index (χ1v) is 17.8. The van der Waals surface area contributed by atoms with Gasteiger partial charge in [-0.1, -0.05) is 65.7 Å². The number of benzene rings is 1. The molecule has 12 nitrogen and oxygen atoms in total. The Hall–Kier alpha value is -3.48. The van der Waals surface area contributed by atoms with Crippen LogP contribution >= 0.6 is 0 Å². The number of carbonyl (C=O) groups is 5. The number of nitrogens with zero attached hydrogens (tertiary/aromatic N) is 1. The molecule has 1 heterocycles. The zero-order valence-electron chi connectivity index (χ0n) is 27.3. The Bertz CT molecular complexity index is 1510. The van der Waals surface area contributed by atoms with E-state index < -0.39 is 63.0 Å². The van der Waals surface area contributed by atoms with E-state index in [1.807, 2.05) is 34.6 Å². The van der Waals surface area contributed by atoms with E-state index in [2.05, 4.69) is 16.0 Å². The second-order valence-corrected chi connectivity index (χ2v) is 17.6.